The van der Waals surface area contributed by atoms with E-state index in [9.17, 15) is 9.18 Å². The fourth-order valence-corrected chi connectivity index (χ4v) is 5.25. The van der Waals surface area contributed by atoms with E-state index in [1.165, 1.54) is 34.4 Å². The summed E-state index contributed by atoms with van der Waals surface area (Å²) in [6.07, 6.45) is 4.26. The van der Waals surface area contributed by atoms with Gasteiger partial charge in [0.15, 0.2) is 0 Å². The first-order valence-electron chi connectivity index (χ1n) is 11.3. The highest BCUT2D eigenvalue weighted by Crippen LogP contribution is 2.35. The van der Waals surface area contributed by atoms with Crippen LogP contribution in [0.3, 0.4) is 0 Å². The number of carbonyl (C=O) groups excluding carboxylic acids is 1. The van der Waals surface area contributed by atoms with Crippen LogP contribution in [0.1, 0.15) is 44.7 Å². The highest BCUT2D eigenvalue weighted by Gasteiger charge is 2.24. The van der Waals surface area contributed by atoms with Gasteiger partial charge in [0, 0.05) is 23.6 Å². The highest BCUT2D eigenvalue weighted by atomic mass is 32.1. The second-order valence-electron chi connectivity index (χ2n) is 8.52. The molecular weight excluding hydrogens is 453 g/mol. The Kier molecular flexibility index (Phi) is 6.55. The molecule has 2 N–H and O–H groups in total. The SMILES string of the molecule is COc1ccc2[nH]cc(C3CCN(Cc4nnc(C(=O)NCc5ccc(F)cc5)s4)CC3)c2c1. The summed E-state index contributed by atoms with van der Waals surface area (Å²) in [6, 6.07) is 12.2. The van der Waals surface area contributed by atoms with Crippen molar-refractivity contribution in [1.82, 2.24) is 25.4 Å². The van der Waals surface area contributed by atoms with Crippen LogP contribution in [-0.4, -0.2) is 46.2 Å². The predicted molar refractivity (Wildman–Crippen MR) is 130 cm³/mol. The van der Waals surface area contributed by atoms with Gasteiger partial charge in [-0.15, -0.1) is 10.2 Å². The van der Waals surface area contributed by atoms with E-state index in [1.807, 2.05) is 6.07 Å². The lowest BCUT2D eigenvalue weighted by Gasteiger charge is -2.31. The van der Waals surface area contributed by atoms with Gasteiger partial charge in [0.2, 0.25) is 5.01 Å². The van der Waals surface area contributed by atoms with Crippen molar-refractivity contribution in [3.8, 4) is 5.75 Å². The first kappa shape index (κ1) is 22.5. The van der Waals surface area contributed by atoms with Gasteiger partial charge in [0.1, 0.15) is 16.6 Å². The van der Waals surface area contributed by atoms with Crippen molar-refractivity contribution >= 4 is 28.1 Å². The number of aromatic amines is 1. The third kappa shape index (κ3) is 4.95. The van der Waals surface area contributed by atoms with Crippen LogP contribution >= 0.6 is 11.3 Å². The van der Waals surface area contributed by atoms with E-state index >= 15 is 0 Å². The number of halogens is 1. The van der Waals surface area contributed by atoms with Gasteiger partial charge >= 0.3 is 0 Å². The number of methoxy groups -OCH3 is 1. The average molecular weight is 480 g/mol. The Morgan fingerprint density at radius 1 is 1.21 bits per heavy atom. The second-order valence-corrected chi connectivity index (χ2v) is 9.58. The summed E-state index contributed by atoms with van der Waals surface area (Å²) >= 11 is 1.32. The van der Waals surface area contributed by atoms with Crippen molar-refractivity contribution in [2.75, 3.05) is 20.2 Å². The molecule has 0 aliphatic carbocycles. The van der Waals surface area contributed by atoms with Crippen molar-refractivity contribution < 1.29 is 13.9 Å². The van der Waals surface area contributed by atoms with Crippen molar-refractivity contribution in [1.29, 1.82) is 0 Å². The molecular formula is C25H26FN5O2S. The molecule has 3 heterocycles. The molecule has 7 nitrogen and oxygen atoms in total. The molecule has 1 amide bonds. The number of piperidine rings is 1. The van der Waals surface area contributed by atoms with E-state index in [-0.39, 0.29) is 11.7 Å². The monoisotopic (exact) mass is 479 g/mol. The molecule has 2 aromatic heterocycles. The number of H-pyrrole nitrogens is 1. The fraction of sp³-hybridized carbons (Fsp3) is 0.320. The number of fused-ring (bicyclic) bond motifs is 1. The molecule has 5 rings (SSSR count). The topological polar surface area (TPSA) is 83.1 Å². The van der Waals surface area contributed by atoms with Crippen LogP contribution in [0.4, 0.5) is 4.39 Å². The Labute approximate surface area is 201 Å². The molecule has 176 valence electrons. The molecule has 9 heteroatoms. The van der Waals surface area contributed by atoms with Gasteiger partial charge in [-0.2, -0.15) is 0 Å². The van der Waals surface area contributed by atoms with Gasteiger partial charge in [0.25, 0.3) is 5.91 Å². The Bertz CT molecular complexity index is 1280. The first-order valence-corrected chi connectivity index (χ1v) is 12.1. The number of hydrogen-bond acceptors (Lipinski definition) is 6. The summed E-state index contributed by atoms with van der Waals surface area (Å²) in [5.41, 5.74) is 3.32. The summed E-state index contributed by atoms with van der Waals surface area (Å²) in [5, 5.41) is 13.5. The quantitative estimate of drug-likeness (QED) is 0.409. The molecule has 0 saturated carbocycles. The zero-order valence-electron chi connectivity index (χ0n) is 18.9. The van der Waals surface area contributed by atoms with E-state index in [4.69, 9.17) is 4.74 Å². The molecule has 1 aliphatic rings. The Morgan fingerprint density at radius 2 is 2.00 bits per heavy atom. The third-order valence-electron chi connectivity index (χ3n) is 6.33. The van der Waals surface area contributed by atoms with E-state index in [1.54, 1.807) is 19.2 Å². The van der Waals surface area contributed by atoms with Crippen LogP contribution in [0.25, 0.3) is 10.9 Å². The Hall–Kier alpha value is -3.30. The maximum Gasteiger partial charge on any atom is 0.282 e. The molecule has 0 spiro atoms. The molecule has 0 radical (unpaired) electrons. The van der Waals surface area contributed by atoms with E-state index in [2.05, 4.69) is 43.7 Å². The zero-order chi connectivity index (χ0) is 23.5. The molecule has 2 aromatic carbocycles. The average Bonchev–Trinajstić information content (AvgIpc) is 3.51. The van der Waals surface area contributed by atoms with Crippen molar-refractivity contribution in [2.45, 2.75) is 31.8 Å². The molecule has 34 heavy (non-hydrogen) atoms. The standard InChI is InChI=1S/C25H26FN5O2S/c1-33-19-6-7-22-20(12-19)21(14-27-22)17-8-10-31(11-9-17)15-23-29-30-25(34-23)24(32)28-13-16-2-4-18(26)5-3-16/h2-7,12,14,17,27H,8-11,13,15H2,1H3,(H,28,32). The summed E-state index contributed by atoms with van der Waals surface area (Å²) in [4.78, 5) is 18.2. The van der Waals surface area contributed by atoms with Crippen LogP contribution in [0, 0.1) is 5.82 Å². The minimum atomic E-state index is -0.297. The van der Waals surface area contributed by atoms with Crippen LogP contribution < -0.4 is 10.1 Å². The van der Waals surface area contributed by atoms with E-state index in [0.717, 1.165) is 47.8 Å². The molecule has 1 fully saturated rings. The largest absolute Gasteiger partial charge is 0.497 e. The smallest absolute Gasteiger partial charge is 0.282 e. The summed E-state index contributed by atoms with van der Waals surface area (Å²) < 4.78 is 18.4. The Morgan fingerprint density at radius 3 is 2.76 bits per heavy atom. The lowest BCUT2D eigenvalue weighted by molar-refractivity contribution is 0.0950. The van der Waals surface area contributed by atoms with Crippen molar-refractivity contribution in [2.24, 2.45) is 0 Å². The maximum atomic E-state index is 13.0. The van der Waals surface area contributed by atoms with E-state index in [0.29, 0.717) is 24.0 Å². The van der Waals surface area contributed by atoms with Crippen molar-refractivity contribution in [3.63, 3.8) is 0 Å². The lowest BCUT2D eigenvalue weighted by atomic mass is 9.89. The lowest BCUT2D eigenvalue weighted by Crippen LogP contribution is -2.32. The summed E-state index contributed by atoms with van der Waals surface area (Å²) in [7, 11) is 1.69. The molecule has 4 aromatic rings. The van der Waals surface area contributed by atoms with Gasteiger partial charge in [-0.25, -0.2) is 4.39 Å². The molecule has 0 unspecified atom stereocenters. The normalized spacial score (nSPS) is 15.0. The van der Waals surface area contributed by atoms with Gasteiger partial charge < -0.3 is 15.0 Å². The zero-order valence-corrected chi connectivity index (χ0v) is 19.7. The number of nitrogens with zero attached hydrogens (tertiary/aromatic N) is 3. The van der Waals surface area contributed by atoms with Crippen LogP contribution in [0.5, 0.6) is 5.75 Å². The minimum absolute atomic E-state index is 0.262. The van der Waals surface area contributed by atoms with Crippen LogP contribution in [-0.2, 0) is 13.1 Å². The molecule has 1 saturated heterocycles. The number of ether oxygens (including phenoxy) is 1. The van der Waals surface area contributed by atoms with Crippen molar-refractivity contribution in [3.05, 3.63) is 75.6 Å². The predicted octanol–water partition coefficient (Wildman–Crippen LogP) is 4.48. The molecule has 1 aliphatic heterocycles. The van der Waals surface area contributed by atoms with Gasteiger partial charge in [-0.05, 0) is 73.3 Å². The summed E-state index contributed by atoms with van der Waals surface area (Å²) in [5.74, 6) is 0.815. The van der Waals surface area contributed by atoms with E-state index < -0.39 is 0 Å². The van der Waals surface area contributed by atoms with Crippen LogP contribution in [0.2, 0.25) is 0 Å². The number of rotatable bonds is 7. The number of nitrogens with one attached hydrogen (secondary N) is 2. The third-order valence-corrected chi connectivity index (χ3v) is 7.24. The number of likely N-dealkylation sites (tertiary alicyclic amines) is 1. The second kappa shape index (κ2) is 9.90. The minimum Gasteiger partial charge on any atom is -0.497 e. The number of aromatic nitrogens is 3. The number of benzene rings is 2. The summed E-state index contributed by atoms with van der Waals surface area (Å²) in [6.45, 7) is 2.94. The molecule has 0 bridgehead atoms. The number of amides is 1. The van der Waals surface area contributed by atoms with Gasteiger partial charge in [-0.1, -0.05) is 23.5 Å². The van der Waals surface area contributed by atoms with Gasteiger partial charge in [0.05, 0.1) is 13.7 Å². The Balaban J connectivity index is 1.14. The highest BCUT2D eigenvalue weighted by molar-refractivity contribution is 7.13. The maximum absolute atomic E-state index is 13.0. The molecule has 0 atom stereocenters. The van der Waals surface area contributed by atoms with Crippen LogP contribution in [0.15, 0.2) is 48.7 Å². The number of carbonyl (C=O) groups is 1. The number of hydrogen-bond donors (Lipinski definition) is 2. The fourth-order valence-electron chi connectivity index (χ4n) is 4.45. The van der Waals surface area contributed by atoms with Gasteiger partial charge in [-0.3, -0.25) is 9.69 Å². The first-order chi connectivity index (χ1) is 16.6.